The van der Waals surface area contributed by atoms with Gasteiger partial charge in [0.15, 0.2) is 11.6 Å². The summed E-state index contributed by atoms with van der Waals surface area (Å²) in [5.74, 6) is -1.94. The van der Waals surface area contributed by atoms with Crippen LogP contribution in [0.2, 0.25) is 0 Å². The zero-order valence-electron chi connectivity index (χ0n) is 17.3. The van der Waals surface area contributed by atoms with E-state index in [0.717, 1.165) is 6.07 Å². The Kier molecular flexibility index (Phi) is 8.75. The second kappa shape index (κ2) is 10.9. The highest BCUT2D eigenvalue weighted by molar-refractivity contribution is 7.89. The summed E-state index contributed by atoms with van der Waals surface area (Å²) in [6.07, 6.45) is -3.85. The van der Waals surface area contributed by atoms with Gasteiger partial charge in [0.2, 0.25) is 10.0 Å². The van der Waals surface area contributed by atoms with Crippen LogP contribution >= 0.6 is 0 Å². The third kappa shape index (κ3) is 7.28. The largest absolute Gasteiger partial charge is 0.417 e. The summed E-state index contributed by atoms with van der Waals surface area (Å²) < 4.78 is 97.5. The maximum absolute atomic E-state index is 14.3. The van der Waals surface area contributed by atoms with E-state index in [0.29, 0.717) is 24.8 Å². The fraction of sp³-hybridized carbons (Fsp3) is 0.421. The van der Waals surface area contributed by atoms with Gasteiger partial charge in [0.1, 0.15) is 11.5 Å². The summed E-state index contributed by atoms with van der Waals surface area (Å²) in [6, 6.07) is 3.47. The first-order valence-corrected chi connectivity index (χ1v) is 10.9. The van der Waals surface area contributed by atoms with Crippen molar-refractivity contribution in [1.29, 1.82) is 0 Å². The predicted octanol–water partition coefficient (Wildman–Crippen LogP) is 3.61. The fourth-order valence-electron chi connectivity index (χ4n) is 2.45. The molecule has 7 nitrogen and oxygen atoms in total. The molecular weight excluding hydrogens is 459 g/mol. The molecule has 2 rings (SSSR count). The molecule has 0 saturated heterocycles. The van der Waals surface area contributed by atoms with Crippen LogP contribution in [0.25, 0.3) is 0 Å². The Hall–Kier alpha value is -2.51. The van der Waals surface area contributed by atoms with E-state index in [9.17, 15) is 30.4 Å². The first-order chi connectivity index (χ1) is 14.9. The van der Waals surface area contributed by atoms with Gasteiger partial charge in [-0.05, 0) is 37.6 Å². The number of ether oxygens (including phenoxy) is 1. The van der Waals surface area contributed by atoms with Gasteiger partial charge in [-0.3, -0.25) is 0 Å². The van der Waals surface area contributed by atoms with Gasteiger partial charge in [-0.15, -0.1) is 0 Å². The number of rotatable bonds is 11. The van der Waals surface area contributed by atoms with Crippen LogP contribution < -0.4 is 15.4 Å². The van der Waals surface area contributed by atoms with Crippen LogP contribution in [0.3, 0.4) is 0 Å². The van der Waals surface area contributed by atoms with Crippen LogP contribution in [0.15, 0.2) is 35.4 Å². The lowest BCUT2D eigenvalue weighted by atomic mass is 10.2. The predicted molar refractivity (Wildman–Crippen MR) is 109 cm³/mol. The average Bonchev–Trinajstić information content (AvgIpc) is 2.73. The molecule has 0 spiro atoms. The third-order valence-electron chi connectivity index (χ3n) is 4.34. The first kappa shape index (κ1) is 25.7. The van der Waals surface area contributed by atoms with E-state index in [1.165, 1.54) is 13.2 Å². The van der Waals surface area contributed by atoms with E-state index in [4.69, 9.17) is 4.74 Å². The lowest BCUT2D eigenvalue weighted by molar-refractivity contribution is -0.137. The van der Waals surface area contributed by atoms with E-state index in [2.05, 4.69) is 20.3 Å². The molecule has 1 heterocycles. The maximum Gasteiger partial charge on any atom is 0.417 e. The molecule has 1 aromatic carbocycles. The number of aromatic nitrogens is 1. The second-order valence-corrected chi connectivity index (χ2v) is 8.56. The highest BCUT2D eigenvalue weighted by Gasteiger charge is 2.30. The molecule has 1 atom stereocenters. The summed E-state index contributed by atoms with van der Waals surface area (Å²) in [6.45, 7) is 1.93. The van der Waals surface area contributed by atoms with Crippen molar-refractivity contribution in [2.45, 2.75) is 30.5 Å². The molecule has 0 aliphatic heterocycles. The molecule has 0 saturated carbocycles. The lowest BCUT2D eigenvalue weighted by Crippen LogP contribution is -2.31. The Balaban J connectivity index is 1.88. The maximum atomic E-state index is 14.3. The van der Waals surface area contributed by atoms with Crippen LogP contribution in [-0.2, 0) is 20.9 Å². The molecule has 3 N–H and O–H groups in total. The van der Waals surface area contributed by atoms with E-state index in [1.807, 2.05) is 0 Å². The fourth-order valence-corrected chi connectivity index (χ4v) is 3.59. The summed E-state index contributed by atoms with van der Waals surface area (Å²) in [5.41, 5.74) is -1.36. The van der Waals surface area contributed by atoms with Crippen LogP contribution in [0.4, 0.5) is 33.5 Å². The SMILES string of the molecule is COC(C)CNS(=O)(=O)c1cc(F)c(NCCCNc2ccc(C(F)(F)F)cn2)c(F)c1. The van der Waals surface area contributed by atoms with Gasteiger partial charge in [-0.25, -0.2) is 26.9 Å². The van der Waals surface area contributed by atoms with Gasteiger partial charge in [0.25, 0.3) is 0 Å². The zero-order valence-corrected chi connectivity index (χ0v) is 18.1. The van der Waals surface area contributed by atoms with Crippen LogP contribution in [0, 0.1) is 11.6 Å². The minimum atomic E-state index is -4.48. The number of hydrogen-bond donors (Lipinski definition) is 3. The Bertz CT molecular complexity index is 978. The van der Waals surface area contributed by atoms with E-state index in [1.54, 1.807) is 6.92 Å². The van der Waals surface area contributed by atoms with Gasteiger partial charge in [-0.2, -0.15) is 13.2 Å². The number of alkyl halides is 3. The van der Waals surface area contributed by atoms with Crippen molar-refractivity contribution in [3.8, 4) is 0 Å². The van der Waals surface area contributed by atoms with Crippen LogP contribution in [0.1, 0.15) is 18.9 Å². The number of pyridine rings is 1. The standard InChI is InChI=1S/C19H23F5N4O3S/c1-12(31-2)10-28-32(29,30)14-8-15(20)18(16(21)9-14)26-7-3-6-25-17-5-4-13(11-27-17)19(22,23)24/h4-5,8-9,11-12,26,28H,3,6-7,10H2,1-2H3,(H,25,27). The molecule has 2 aromatic rings. The normalized spacial score (nSPS) is 13.1. The molecule has 1 aromatic heterocycles. The van der Waals surface area contributed by atoms with Gasteiger partial charge in [0.05, 0.1) is 16.6 Å². The zero-order chi connectivity index (χ0) is 23.9. The topological polar surface area (TPSA) is 92.3 Å². The van der Waals surface area contributed by atoms with Crippen molar-refractivity contribution in [2.75, 3.05) is 37.4 Å². The van der Waals surface area contributed by atoms with E-state index >= 15 is 0 Å². The first-order valence-electron chi connectivity index (χ1n) is 9.46. The quantitative estimate of drug-likeness (QED) is 0.335. The smallest absolute Gasteiger partial charge is 0.380 e. The minimum absolute atomic E-state index is 0.0666. The summed E-state index contributed by atoms with van der Waals surface area (Å²) in [5, 5.41) is 5.33. The molecule has 1 unspecified atom stereocenters. The molecule has 0 aliphatic rings. The number of anilines is 2. The molecule has 32 heavy (non-hydrogen) atoms. The second-order valence-electron chi connectivity index (χ2n) is 6.80. The lowest BCUT2D eigenvalue weighted by Gasteiger charge is -2.14. The van der Waals surface area contributed by atoms with Crippen molar-refractivity contribution in [1.82, 2.24) is 9.71 Å². The van der Waals surface area contributed by atoms with Gasteiger partial charge >= 0.3 is 6.18 Å². The minimum Gasteiger partial charge on any atom is -0.380 e. The summed E-state index contributed by atoms with van der Waals surface area (Å²) in [7, 11) is -2.73. The molecule has 13 heteroatoms. The number of benzene rings is 1. The summed E-state index contributed by atoms with van der Waals surface area (Å²) >= 11 is 0. The monoisotopic (exact) mass is 482 g/mol. The number of methoxy groups -OCH3 is 1. The number of halogens is 5. The number of hydrogen-bond acceptors (Lipinski definition) is 6. The third-order valence-corrected chi connectivity index (χ3v) is 5.74. The Morgan fingerprint density at radius 1 is 1.09 bits per heavy atom. The van der Waals surface area contributed by atoms with Gasteiger partial charge < -0.3 is 15.4 Å². The molecule has 0 radical (unpaired) electrons. The summed E-state index contributed by atoms with van der Waals surface area (Å²) in [4.78, 5) is 3.09. The van der Waals surface area contributed by atoms with E-state index < -0.39 is 50.1 Å². The van der Waals surface area contributed by atoms with E-state index in [-0.39, 0.29) is 25.5 Å². The van der Waals surface area contributed by atoms with Crippen LogP contribution in [0.5, 0.6) is 0 Å². The van der Waals surface area contributed by atoms with Crippen LogP contribution in [-0.4, -0.2) is 46.2 Å². The van der Waals surface area contributed by atoms with Gasteiger partial charge in [-0.1, -0.05) is 0 Å². The molecule has 0 fully saturated rings. The van der Waals surface area contributed by atoms with Crippen molar-refractivity contribution in [3.05, 3.63) is 47.7 Å². The highest BCUT2D eigenvalue weighted by Crippen LogP contribution is 2.29. The average molecular weight is 482 g/mol. The Morgan fingerprint density at radius 3 is 2.25 bits per heavy atom. The molecular formula is C19H23F5N4O3S. The number of nitrogens with one attached hydrogen (secondary N) is 3. The van der Waals surface area contributed by atoms with Crippen molar-refractivity contribution in [2.24, 2.45) is 0 Å². The number of sulfonamides is 1. The van der Waals surface area contributed by atoms with Crippen molar-refractivity contribution in [3.63, 3.8) is 0 Å². The molecule has 0 bridgehead atoms. The van der Waals surface area contributed by atoms with Gasteiger partial charge in [0, 0.05) is 32.9 Å². The van der Waals surface area contributed by atoms with Crippen molar-refractivity contribution >= 4 is 21.5 Å². The molecule has 0 amide bonds. The molecule has 0 aliphatic carbocycles. The van der Waals surface area contributed by atoms with Crippen molar-refractivity contribution < 1.29 is 35.1 Å². The number of nitrogens with zero attached hydrogens (tertiary/aromatic N) is 1. The highest BCUT2D eigenvalue weighted by atomic mass is 32.2. The Morgan fingerprint density at radius 2 is 1.72 bits per heavy atom. The Labute approximate surface area is 182 Å². The molecule has 178 valence electrons.